The average Bonchev–Trinajstić information content (AvgIpc) is 2.99. The van der Waals surface area contributed by atoms with Crippen molar-refractivity contribution in [3.8, 4) is 0 Å². The van der Waals surface area contributed by atoms with Crippen LogP contribution in [0, 0.1) is 5.92 Å². The lowest BCUT2D eigenvalue weighted by molar-refractivity contribution is 0.0716. The second-order valence-corrected chi connectivity index (χ2v) is 5.36. The first-order valence-corrected chi connectivity index (χ1v) is 6.68. The second kappa shape index (κ2) is 6.00. The van der Waals surface area contributed by atoms with Gasteiger partial charge in [-0.25, -0.2) is 4.98 Å². The molecule has 1 aromatic heterocycles. The normalized spacial score (nSPS) is 19.4. The Bertz CT molecular complexity index is 368. The highest BCUT2D eigenvalue weighted by Gasteiger charge is 2.23. The van der Waals surface area contributed by atoms with Crippen LogP contribution >= 0.6 is 0 Å². The van der Waals surface area contributed by atoms with E-state index in [4.69, 9.17) is 0 Å². The standard InChI is InChI=1S/C13H22N4O/c1-10(2)7-17(8-11-4-3-5-15-11)13(18)12-6-14-9-16-12/h6,9-11,15H,3-5,7-8H2,1-2H3,(H,14,16). The zero-order valence-corrected chi connectivity index (χ0v) is 11.1. The number of carbonyl (C=O) groups is 1. The minimum atomic E-state index is 0.0508. The summed E-state index contributed by atoms with van der Waals surface area (Å²) in [5.41, 5.74) is 0.577. The van der Waals surface area contributed by atoms with Crippen LogP contribution in [0.25, 0.3) is 0 Å². The maximum atomic E-state index is 12.4. The molecular formula is C13H22N4O. The topological polar surface area (TPSA) is 61.0 Å². The van der Waals surface area contributed by atoms with Crippen LogP contribution in [0.15, 0.2) is 12.5 Å². The zero-order chi connectivity index (χ0) is 13.0. The number of hydrogen-bond donors (Lipinski definition) is 2. The second-order valence-electron chi connectivity index (χ2n) is 5.36. The summed E-state index contributed by atoms with van der Waals surface area (Å²) in [6.45, 7) is 6.91. The lowest BCUT2D eigenvalue weighted by Crippen LogP contribution is -2.43. The summed E-state index contributed by atoms with van der Waals surface area (Å²) in [6, 6.07) is 0.440. The third kappa shape index (κ3) is 3.32. The number of nitrogens with zero attached hydrogens (tertiary/aromatic N) is 2. The van der Waals surface area contributed by atoms with Gasteiger partial charge in [-0.05, 0) is 25.3 Å². The lowest BCUT2D eigenvalue weighted by atomic mass is 10.1. The highest BCUT2D eigenvalue weighted by molar-refractivity contribution is 5.92. The van der Waals surface area contributed by atoms with Crippen LogP contribution in [-0.4, -0.2) is 46.5 Å². The van der Waals surface area contributed by atoms with Gasteiger partial charge in [0.05, 0.1) is 12.5 Å². The molecule has 2 N–H and O–H groups in total. The van der Waals surface area contributed by atoms with E-state index in [1.165, 1.54) is 6.42 Å². The Kier molecular flexibility index (Phi) is 4.36. The summed E-state index contributed by atoms with van der Waals surface area (Å²) in [5, 5.41) is 3.44. The van der Waals surface area contributed by atoms with Gasteiger partial charge < -0.3 is 15.2 Å². The molecule has 0 spiro atoms. The van der Waals surface area contributed by atoms with Crippen molar-refractivity contribution in [2.45, 2.75) is 32.7 Å². The summed E-state index contributed by atoms with van der Waals surface area (Å²) in [6.07, 6.45) is 5.51. The van der Waals surface area contributed by atoms with Crippen molar-refractivity contribution in [3.63, 3.8) is 0 Å². The molecule has 1 amide bonds. The summed E-state index contributed by atoms with van der Waals surface area (Å²) in [7, 11) is 0. The molecule has 5 heteroatoms. The van der Waals surface area contributed by atoms with Crippen LogP contribution in [0.1, 0.15) is 37.2 Å². The molecule has 2 heterocycles. The Morgan fingerprint density at radius 2 is 2.44 bits per heavy atom. The first kappa shape index (κ1) is 13.1. The molecule has 0 radical (unpaired) electrons. The van der Waals surface area contributed by atoms with Crippen LogP contribution in [0.2, 0.25) is 0 Å². The minimum absolute atomic E-state index is 0.0508. The molecule has 0 bridgehead atoms. The molecule has 1 unspecified atom stereocenters. The number of hydrogen-bond acceptors (Lipinski definition) is 3. The number of aromatic amines is 1. The molecule has 1 fully saturated rings. The quantitative estimate of drug-likeness (QED) is 0.827. The fraction of sp³-hybridized carbons (Fsp3) is 0.692. The molecule has 0 aliphatic carbocycles. The van der Waals surface area contributed by atoms with Crippen LogP contribution < -0.4 is 5.32 Å². The van der Waals surface area contributed by atoms with E-state index >= 15 is 0 Å². The smallest absolute Gasteiger partial charge is 0.271 e. The molecule has 0 aromatic carbocycles. The lowest BCUT2D eigenvalue weighted by Gasteiger charge is -2.27. The molecule has 1 aliphatic heterocycles. The Balaban J connectivity index is 2.01. The largest absolute Gasteiger partial charge is 0.341 e. The summed E-state index contributed by atoms with van der Waals surface area (Å²) >= 11 is 0. The molecule has 1 saturated heterocycles. The van der Waals surface area contributed by atoms with E-state index in [9.17, 15) is 4.79 Å². The highest BCUT2D eigenvalue weighted by atomic mass is 16.2. The van der Waals surface area contributed by atoms with Gasteiger partial charge in [-0.3, -0.25) is 4.79 Å². The maximum absolute atomic E-state index is 12.4. The number of imidazole rings is 1. The van der Waals surface area contributed by atoms with E-state index in [0.29, 0.717) is 17.7 Å². The predicted molar refractivity (Wildman–Crippen MR) is 70.4 cm³/mol. The minimum Gasteiger partial charge on any atom is -0.341 e. The molecule has 5 nitrogen and oxygen atoms in total. The Labute approximate surface area is 108 Å². The number of carbonyl (C=O) groups excluding carboxylic acids is 1. The third-order valence-electron chi connectivity index (χ3n) is 3.20. The van der Waals surface area contributed by atoms with Gasteiger partial charge in [0.2, 0.25) is 0 Å². The SMILES string of the molecule is CC(C)CN(CC1CCCN1)C(=O)c1cnc[nH]1. The average molecular weight is 250 g/mol. The highest BCUT2D eigenvalue weighted by Crippen LogP contribution is 2.11. The third-order valence-corrected chi connectivity index (χ3v) is 3.20. The van der Waals surface area contributed by atoms with Gasteiger partial charge in [-0.15, -0.1) is 0 Å². The summed E-state index contributed by atoms with van der Waals surface area (Å²) in [5.74, 6) is 0.521. The van der Waals surface area contributed by atoms with Crippen molar-refractivity contribution in [2.24, 2.45) is 5.92 Å². The van der Waals surface area contributed by atoms with Crippen molar-refractivity contribution < 1.29 is 4.79 Å². The molecule has 0 saturated carbocycles. The van der Waals surface area contributed by atoms with Gasteiger partial charge in [0.1, 0.15) is 5.69 Å². The molecule has 1 aromatic rings. The van der Waals surface area contributed by atoms with Gasteiger partial charge in [-0.2, -0.15) is 0 Å². The monoisotopic (exact) mass is 250 g/mol. The molecule has 18 heavy (non-hydrogen) atoms. The van der Waals surface area contributed by atoms with Gasteiger partial charge in [-0.1, -0.05) is 13.8 Å². The van der Waals surface area contributed by atoms with Crippen LogP contribution in [0.5, 0.6) is 0 Å². The van der Waals surface area contributed by atoms with Gasteiger partial charge in [0.15, 0.2) is 0 Å². The summed E-state index contributed by atoms with van der Waals surface area (Å²) in [4.78, 5) is 21.1. The molecule has 1 aliphatic rings. The summed E-state index contributed by atoms with van der Waals surface area (Å²) < 4.78 is 0. The first-order chi connectivity index (χ1) is 8.66. The molecule has 1 atom stereocenters. The van der Waals surface area contributed by atoms with Crippen LogP contribution in [0.4, 0.5) is 0 Å². The van der Waals surface area contributed by atoms with E-state index in [-0.39, 0.29) is 5.91 Å². The van der Waals surface area contributed by atoms with Crippen molar-refractivity contribution in [3.05, 3.63) is 18.2 Å². The number of nitrogens with one attached hydrogen (secondary N) is 2. The van der Waals surface area contributed by atoms with Crippen molar-refractivity contribution >= 4 is 5.91 Å². The molecule has 2 rings (SSSR count). The maximum Gasteiger partial charge on any atom is 0.271 e. The Morgan fingerprint density at radius 3 is 3.00 bits per heavy atom. The number of H-pyrrole nitrogens is 1. The molecule has 100 valence electrons. The Hall–Kier alpha value is -1.36. The number of amides is 1. The van der Waals surface area contributed by atoms with E-state index < -0.39 is 0 Å². The van der Waals surface area contributed by atoms with Crippen molar-refractivity contribution in [1.29, 1.82) is 0 Å². The first-order valence-electron chi connectivity index (χ1n) is 6.68. The van der Waals surface area contributed by atoms with Gasteiger partial charge in [0.25, 0.3) is 5.91 Å². The predicted octanol–water partition coefficient (Wildman–Crippen LogP) is 1.26. The van der Waals surface area contributed by atoms with Crippen LogP contribution in [-0.2, 0) is 0 Å². The van der Waals surface area contributed by atoms with E-state index in [0.717, 1.165) is 26.1 Å². The Morgan fingerprint density at radius 1 is 1.61 bits per heavy atom. The van der Waals surface area contributed by atoms with E-state index in [2.05, 4.69) is 29.1 Å². The van der Waals surface area contributed by atoms with E-state index in [1.807, 2.05) is 4.90 Å². The van der Waals surface area contributed by atoms with Gasteiger partial charge in [0, 0.05) is 19.1 Å². The fourth-order valence-electron chi connectivity index (χ4n) is 2.40. The zero-order valence-electron chi connectivity index (χ0n) is 11.1. The van der Waals surface area contributed by atoms with Gasteiger partial charge >= 0.3 is 0 Å². The fourth-order valence-corrected chi connectivity index (χ4v) is 2.40. The number of rotatable bonds is 5. The number of aromatic nitrogens is 2. The van der Waals surface area contributed by atoms with E-state index in [1.54, 1.807) is 12.5 Å². The molecular weight excluding hydrogens is 228 g/mol. The van der Waals surface area contributed by atoms with Crippen molar-refractivity contribution in [2.75, 3.05) is 19.6 Å². The van der Waals surface area contributed by atoms with Crippen molar-refractivity contribution in [1.82, 2.24) is 20.2 Å². The van der Waals surface area contributed by atoms with Crippen LogP contribution in [0.3, 0.4) is 0 Å².